The molecule has 0 aromatic heterocycles. The van der Waals surface area contributed by atoms with Crippen molar-refractivity contribution in [2.45, 2.75) is 6.10 Å². The molecule has 1 aliphatic heterocycles. The zero-order valence-electron chi connectivity index (χ0n) is 10.6. The smallest absolute Gasteiger partial charge is 0.233 e. The van der Waals surface area contributed by atoms with Crippen LogP contribution in [-0.2, 0) is 14.8 Å². The molecule has 1 heterocycles. The molecule has 1 aliphatic rings. The molecule has 2 rings (SSSR count). The first kappa shape index (κ1) is 14.2. The van der Waals surface area contributed by atoms with Crippen LogP contribution in [-0.4, -0.2) is 40.8 Å². The Morgan fingerprint density at radius 1 is 1.37 bits per heavy atom. The minimum absolute atomic E-state index is 0.103. The van der Waals surface area contributed by atoms with E-state index < -0.39 is 10.0 Å². The van der Waals surface area contributed by atoms with Crippen molar-refractivity contribution in [1.82, 2.24) is 10.0 Å². The van der Waals surface area contributed by atoms with E-state index in [1.165, 1.54) is 5.41 Å². The van der Waals surface area contributed by atoms with E-state index in [-0.39, 0.29) is 12.6 Å². The molecule has 0 saturated carbocycles. The second-order valence-electron chi connectivity index (χ2n) is 4.30. The summed E-state index contributed by atoms with van der Waals surface area (Å²) in [6, 6.07) is 9.31. The molecule has 1 saturated heterocycles. The molecule has 2 N–H and O–H groups in total. The molecule has 104 valence electrons. The number of morpholine rings is 1. The van der Waals surface area contributed by atoms with Crippen LogP contribution in [0.2, 0.25) is 0 Å². The van der Waals surface area contributed by atoms with Gasteiger partial charge in [0.05, 0.1) is 12.7 Å². The van der Waals surface area contributed by atoms with Gasteiger partial charge >= 0.3 is 0 Å². The standard InChI is InChI=1S/C13H18N2O3S/c16-19(17,9-6-12-4-2-1-3-5-12)15-11-13-10-14-7-8-18-13/h1-6,9,13-15H,7-8,10-11H2/b9-6+. The fourth-order valence-corrected chi connectivity index (χ4v) is 2.59. The fraction of sp³-hybridized carbons (Fsp3) is 0.385. The molecule has 0 amide bonds. The molecule has 5 nitrogen and oxygen atoms in total. The lowest BCUT2D eigenvalue weighted by molar-refractivity contribution is 0.0324. The summed E-state index contributed by atoms with van der Waals surface area (Å²) < 4.78 is 31.5. The fourth-order valence-electron chi connectivity index (χ4n) is 1.74. The molecule has 0 aliphatic carbocycles. The number of nitrogens with one attached hydrogen (secondary N) is 2. The molecule has 1 aromatic carbocycles. The zero-order chi connectivity index (χ0) is 13.6. The van der Waals surface area contributed by atoms with E-state index in [9.17, 15) is 8.42 Å². The van der Waals surface area contributed by atoms with Crippen molar-refractivity contribution in [2.75, 3.05) is 26.2 Å². The van der Waals surface area contributed by atoms with Crippen LogP contribution >= 0.6 is 0 Å². The number of benzene rings is 1. The predicted molar refractivity (Wildman–Crippen MR) is 75.0 cm³/mol. The first-order valence-corrected chi connectivity index (χ1v) is 7.75. The van der Waals surface area contributed by atoms with Gasteiger partial charge in [0.25, 0.3) is 0 Å². The molecular formula is C13H18N2O3S. The third-order valence-corrected chi connectivity index (χ3v) is 3.82. The minimum atomic E-state index is -3.42. The summed E-state index contributed by atoms with van der Waals surface area (Å²) in [5.74, 6) is 0. The summed E-state index contributed by atoms with van der Waals surface area (Å²) >= 11 is 0. The van der Waals surface area contributed by atoms with Crippen LogP contribution in [0.25, 0.3) is 6.08 Å². The lowest BCUT2D eigenvalue weighted by Crippen LogP contribution is -2.44. The lowest BCUT2D eigenvalue weighted by Gasteiger charge is -2.23. The monoisotopic (exact) mass is 282 g/mol. The van der Waals surface area contributed by atoms with Gasteiger partial charge in [-0.05, 0) is 11.6 Å². The Morgan fingerprint density at radius 3 is 2.84 bits per heavy atom. The van der Waals surface area contributed by atoms with Gasteiger partial charge in [0, 0.05) is 25.0 Å². The number of rotatable bonds is 5. The minimum Gasteiger partial charge on any atom is -0.374 e. The molecule has 0 spiro atoms. The van der Waals surface area contributed by atoms with E-state index in [4.69, 9.17) is 4.74 Å². The highest BCUT2D eigenvalue weighted by Gasteiger charge is 2.15. The van der Waals surface area contributed by atoms with E-state index in [0.717, 1.165) is 12.1 Å². The van der Waals surface area contributed by atoms with Crippen LogP contribution in [0.3, 0.4) is 0 Å². The quantitative estimate of drug-likeness (QED) is 0.828. The van der Waals surface area contributed by atoms with Crippen molar-refractivity contribution in [3.63, 3.8) is 0 Å². The molecule has 19 heavy (non-hydrogen) atoms. The number of ether oxygens (including phenoxy) is 1. The molecule has 1 aromatic rings. The van der Waals surface area contributed by atoms with Gasteiger partial charge in [-0.2, -0.15) is 0 Å². The summed E-state index contributed by atoms with van der Waals surface area (Å²) in [5, 5.41) is 4.33. The maximum Gasteiger partial charge on any atom is 0.233 e. The van der Waals surface area contributed by atoms with Crippen LogP contribution in [0.4, 0.5) is 0 Å². The molecule has 1 unspecified atom stereocenters. The summed E-state index contributed by atoms with van der Waals surface area (Å²) in [7, 11) is -3.42. The van der Waals surface area contributed by atoms with Gasteiger partial charge in [-0.25, -0.2) is 13.1 Å². The normalized spacial score (nSPS) is 20.7. The molecule has 6 heteroatoms. The highest BCUT2D eigenvalue weighted by Crippen LogP contribution is 2.03. The zero-order valence-corrected chi connectivity index (χ0v) is 11.4. The van der Waals surface area contributed by atoms with Crippen LogP contribution in [0.1, 0.15) is 5.56 Å². The largest absolute Gasteiger partial charge is 0.374 e. The molecular weight excluding hydrogens is 264 g/mol. The van der Waals surface area contributed by atoms with Gasteiger partial charge < -0.3 is 10.1 Å². The third-order valence-electron chi connectivity index (χ3n) is 2.76. The van der Waals surface area contributed by atoms with E-state index in [1.807, 2.05) is 30.3 Å². The lowest BCUT2D eigenvalue weighted by atomic mass is 10.2. The van der Waals surface area contributed by atoms with Crippen molar-refractivity contribution in [3.8, 4) is 0 Å². The van der Waals surface area contributed by atoms with Gasteiger partial charge in [-0.15, -0.1) is 0 Å². The van der Waals surface area contributed by atoms with Crippen molar-refractivity contribution in [3.05, 3.63) is 41.3 Å². The molecule has 1 atom stereocenters. The third kappa shape index (κ3) is 5.12. The Bertz CT molecular complexity index is 508. The SMILES string of the molecule is O=S(=O)(/C=C/c1ccccc1)NCC1CNCCO1. The van der Waals surface area contributed by atoms with Crippen LogP contribution in [0.5, 0.6) is 0 Å². The van der Waals surface area contributed by atoms with Gasteiger partial charge in [0.1, 0.15) is 0 Å². The van der Waals surface area contributed by atoms with Gasteiger partial charge in [-0.3, -0.25) is 0 Å². The van der Waals surface area contributed by atoms with E-state index in [1.54, 1.807) is 6.08 Å². The van der Waals surface area contributed by atoms with Crippen molar-refractivity contribution in [1.29, 1.82) is 0 Å². The van der Waals surface area contributed by atoms with Crippen LogP contribution in [0, 0.1) is 0 Å². The van der Waals surface area contributed by atoms with E-state index in [2.05, 4.69) is 10.0 Å². The van der Waals surface area contributed by atoms with Crippen LogP contribution < -0.4 is 10.0 Å². The Hall–Kier alpha value is -1.21. The number of hydrogen-bond donors (Lipinski definition) is 2. The maximum atomic E-state index is 11.8. The Balaban J connectivity index is 1.86. The average Bonchev–Trinajstić information content (AvgIpc) is 2.46. The number of sulfonamides is 1. The number of hydrogen-bond acceptors (Lipinski definition) is 4. The van der Waals surface area contributed by atoms with Gasteiger partial charge in [0.15, 0.2) is 0 Å². The highest BCUT2D eigenvalue weighted by molar-refractivity contribution is 7.92. The molecule has 1 fully saturated rings. The molecule has 0 radical (unpaired) electrons. The van der Waals surface area contributed by atoms with E-state index >= 15 is 0 Å². The van der Waals surface area contributed by atoms with Crippen molar-refractivity contribution in [2.24, 2.45) is 0 Å². The highest BCUT2D eigenvalue weighted by atomic mass is 32.2. The Labute approximate surface area is 113 Å². The summed E-state index contributed by atoms with van der Waals surface area (Å²) in [6.45, 7) is 2.39. The summed E-state index contributed by atoms with van der Waals surface area (Å²) in [5.41, 5.74) is 0.850. The summed E-state index contributed by atoms with van der Waals surface area (Å²) in [4.78, 5) is 0. The second kappa shape index (κ2) is 6.81. The van der Waals surface area contributed by atoms with Crippen molar-refractivity contribution >= 4 is 16.1 Å². The maximum absolute atomic E-state index is 11.8. The Morgan fingerprint density at radius 2 is 2.16 bits per heavy atom. The van der Waals surface area contributed by atoms with E-state index in [0.29, 0.717) is 13.2 Å². The van der Waals surface area contributed by atoms with Gasteiger partial charge in [0.2, 0.25) is 10.0 Å². The predicted octanol–water partition coefficient (Wildman–Crippen LogP) is 0.565. The molecule has 0 bridgehead atoms. The topological polar surface area (TPSA) is 67.4 Å². The van der Waals surface area contributed by atoms with Crippen molar-refractivity contribution < 1.29 is 13.2 Å². The Kier molecular flexibility index (Phi) is 5.09. The average molecular weight is 282 g/mol. The second-order valence-corrected chi connectivity index (χ2v) is 5.95. The van der Waals surface area contributed by atoms with Crippen LogP contribution in [0.15, 0.2) is 35.7 Å². The first-order chi connectivity index (χ1) is 9.16. The van der Waals surface area contributed by atoms with Gasteiger partial charge in [-0.1, -0.05) is 30.3 Å². The first-order valence-electron chi connectivity index (χ1n) is 6.21. The summed E-state index contributed by atoms with van der Waals surface area (Å²) in [6.07, 6.45) is 1.47.